The van der Waals surface area contributed by atoms with E-state index in [9.17, 15) is 0 Å². The smallest absolute Gasteiger partial charge is 0.136 e. The minimum absolute atomic E-state index is 0.859. The van der Waals surface area contributed by atoms with E-state index >= 15 is 0 Å². The van der Waals surface area contributed by atoms with Crippen molar-refractivity contribution in [1.82, 2.24) is 0 Å². The molecule has 0 aliphatic carbocycles. The molecule has 0 amide bonds. The Labute approximate surface area is 245 Å². The molecule has 7 aromatic carbocycles. The van der Waals surface area contributed by atoms with Crippen molar-refractivity contribution in [1.29, 1.82) is 0 Å². The zero-order chi connectivity index (χ0) is 28.1. The maximum atomic E-state index is 6.43. The van der Waals surface area contributed by atoms with Crippen LogP contribution in [0.5, 0.6) is 0 Å². The van der Waals surface area contributed by atoms with E-state index in [4.69, 9.17) is 13.3 Å². The topological polar surface area (TPSA) is 39.4 Å². The second-order valence-electron chi connectivity index (χ2n) is 11.2. The molecule has 0 bridgehead atoms. The van der Waals surface area contributed by atoms with Crippen molar-refractivity contribution in [3.63, 3.8) is 0 Å². The van der Waals surface area contributed by atoms with Gasteiger partial charge in [-0.1, -0.05) is 84.9 Å². The standard InChI is InChI=1S/C40H22O3/c1-3-11-28-26(9-1)38(24-16-17-34-31(20-24)25-8-5-6-14-33(25)42-34)27-10-2-4-12-29(27)39(28)30-13-7-15-35-40(30)32-22-36-23(18-19-41-36)21-37(32)43-35/h1-22H. The molecule has 3 heterocycles. The molecule has 43 heavy (non-hydrogen) atoms. The minimum atomic E-state index is 0.859. The van der Waals surface area contributed by atoms with Gasteiger partial charge in [0, 0.05) is 26.9 Å². The quantitative estimate of drug-likeness (QED) is 0.201. The van der Waals surface area contributed by atoms with Gasteiger partial charge in [-0.25, -0.2) is 0 Å². The van der Waals surface area contributed by atoms with Crippen LogP contribution in [-0.2, 0) is 0 Å². The van der Waals surface area contributed by atoms with Gasteiger partial charge in [0.1, 0.15) is 27.9 Å². The summed E-state index contributed by atoms with van der Waals surface area (Å²) >= 11 is 0. The summed E-state index contributed by atoms with van der Waals surface area (Å²) in [6.45, 7) is 0. The van der Waals surface area contributed by atoms with Crippen LogP contribution in [0.1, 0.15) is 0 Å². The van der Waals surface area contributed by atoms with Crippen molar-refractivity contribution >= 4 is 76.4 Å². The van der Waals surface area contributed by atoms with E-state index in [0.717, 1.165) is 60.4 Å². The van der Waals surface area contributed by atoms with E-state index in [2.05, 4.69) is 109 Å². The van der Waals surface area contributed by atoms with Crippen LogP contribution in [0.15, 0.2) is 147 Å². The van der Waals surface area contributed by atoms with Crippen LogP contribution in [-0.4, -0.2) is 0 Å². The Morgan fingerprint density at radius 2 is 1.02 bits per heavy atom. The van der Waals surface area contributed by atoms with E-state index in [1.54, 1.807) is 6.26 Å². The zero-order valence-electron chi connectivity index (χ0n) is 22.9. The lowest BCUT2D eigenvalue weighted by molar-refractivity contribution is 0.616. The van der Waals surface area contributed by atoms with Crippen molar-refractivity contribution in [2.24, 2.45) is 0 Å². The lowest BCUT2D eigenvalue weighted by atomic mass is 9.84. The lowest BCUT2D eigenvalue weighted by Crippen LogP contribution is -1.91. The molecule has 0 saturated carbocycles. The number of benzene rings is 7. The molecule has 0 aliphatic rings. The molecular weight excluding hydrogens is 528 g/mol. The van der Waals surface area contributed by atoms with Crippen molar-refractivity contribution in [2.45, 2.75) is 0 Å². The number of rotatable bonds is 2. The Morgan fingerprint density at radius 1 is 0.372 bits per heavy atom. The second kappa shape index (κ2) is 8.37. The molecule has 200 valence electrons. The highest BCUT2D eigenvalue weighted by Gasteiger charge is 2.21. The number of para-hydroxylation sites is 1. The van der Waals surface area contributed by atoms with Gasteiger partial charge in [0.05, 0.1) is 6.26 Å². The first-order chi connectivity index (χ1) is 21.3. The predicted molar refractivity (Wildman–Crippen MR) is 177 cm³/mol. The molecule has 3 nitrogen and oxygen atoms in total. The summed E-state index contributed by atoms with van der Waals surface area (Å²) in [5.41, 5.74) is 9.16. The van der Waals surface area contributed by atoms with Gasteiger partial charge in [-0.2, -0.15) is 0 Å². The molecular formula is C40H22O3. The summed E-state index contributed by atoms with van der Waals surface area (Å²) in [7, 11) is 0. The molecule has 10 rings (SSSR count). The van der Waals surface area contributed by atoms with Gasteiger partial charge < -0.3 is 13.3 Å². The number of fused-ring (bicyclic) bond motifs is 9. The van der Waals surface area contributed by atoms with Crippen LogP contribution in [0.2, 0.25) is 0 Å². The van der Waals surface area contributed by atoms with E-state index in [1.165, 1.54) is 38.2 Å². The first kappa shape index (κ1) is 22.8. The molecule has 10 aromatic rings. The van der Waals surface area contributed by atoms with Gasteiger partial charge in [-0.05, 0) is 86.3 Å². The van der Waals surface area contributed by atoms with Crippen LogP contribution in [0.3, 0.4) is 0 Å². The van der Waals surface area contributed by atoms with Crippen LogP contribution < -0.4 is 0 Å². The van der Waals surface area contributed by atoms with E-state index in [1.807, 2.05) is 18.2 Å². The highest BCUT2D eigenvalue weighted by atomic mass is 16.3. The number of hydrogen-bond acceptors (Lipinski definition) is 3. The third-order valence-corrected chi connectivity index (χ3v) is 8.94. The molecule has 0 atom stereocenters. The third kappa shape index (κ3) is 3.14. The summed E-state index contributed by atoms with van der Waals surface area (Å²) < 4.78 is 18.4. The Balaban J connectivity index is 1.34. The molecule has 0 fully saturated rings. The molecule has 0 aliphatic heterocycles. The fraction of sp³-hybridized carbons (Fsp3) is 0. The SMILES string of the molecule is c1ccc2c(c1)oc1ccc(-c3c4ccccc4c(-c4cccc5oc6cc7ccoc7cc6c45)c4ccccc34)cc12. The average molecular weight is 551 g/mol. The fourth-order valence-corrected chi connectivity index (χ4v) is 7.10. The van der Waals surface area contributed by atoms with E-state index in [-0.39, 0.29) is 0 Å². The van der Waals surface area contributed by atoms with Crippen molar-refractivity contribution in [3.8, 4) is 22.3 Å². The molecule has 0 spiro atoms. The number of hydrogen-bond donors (Lipinski definition) is 0. The Bertz CT molecular complexity index is 2680. The van der Waals surface area contributed by atoms with E-state index < -0.39 is 0 Å². The Kier molecular flexibility index (Phi) is 4.45. The summed E-state index contributed by atoms with van der Waals surface area (Å²) in [6.07, 6.45) is 1.73. The second-order valence-corrected chi connectivity index (χ2v) is 11.2. The highest BCUT2D eigenvalue weighted by molar-refractivity contribution is 6.26. The van der Waals surface area contributed by atoms with Crippen LogP contribution in [0.25, 0.3) is 98.6 Å². The molecule has 0 radical (unpaired) electrons. The van der Waals surface area contributed by atoms with Crippen molar-refractivity contribution in [3.05, 3.63) is 134 Å². The van der Waals surface area contributed by atoms with Gasteiger partial charge in [-0.15, -0.1) is 0 Å². The maximum absolute atomic E-state index is 6.43. The summed E-state index contributed by atoms with van der Waals surface area (Å²) in [5.74, 6) is 0. The molecule has 0 saturated heterocycles. The fourth-order valence-electron chi connectivity index (χ4n) is 7.10. The largest absolute Gasteiger partial charge is 0.464 e. The van der Waals surface area contributed by atoms with Crippen molar-refractivity contribution in [2.75, 3.05) is 0 Å². The lowest BCUT2D eigenvalue weighted by Gasteiger charge is -2.18. The van der Waals surface area contributed by atoms with Gasteiger partial charge >= 0.3 is 0 Å². The van der Waals surface area contributed by atoms with E-state index in [0.29, 0.717) is 0 Å². The monoisotopic (exact) mass is 550 g/mol. The molecule has 3 aromatic heterocycles. The normalized spacial score (nSPS) is 12.2. The van der Waals surface area contributed by atoms with Gasteiger partial charge in [-0.3, -0.25) is 0 Å². The predicted octanol–water partition coefficient (Wildman–Crippen LogP) is 11.9. The van der Waals surface area contributed by atoms with Crippen LogP contribution in [0, 0.1) is 0 Å². The van der Waals surface area contributed by atoms with Crippen LogP contribution >= 0.6 is 0 Å². The minimum Gasteiger partial charge on any atom is -0.464 e. The van der Waals surface area contributed by atoms with Gasteiger partial charge in [0.15, 0.2) is 0 Å². The number of furan rings is 3. The van der Waals surface area contributed by atoms with Gasteiger partial charge in [0.2, 0.25) is 0 Å². The van der Waals surface area contributed by atoms with Crippen molar-refractivity contribution < 1.29 is 13.3 Å². The first-order valence-corrected chi connectivity index (χ1v) is 14.5. The average Bonchev–Trinajstić information content (AvgIpc) is 3.77. The molecule has 0 unspecified atom stereocenters. The maximum Gasteiger partial charge on any atom is 0.136 e. The Morgan fingerprint density at radius 3 is 1.81 bits per heavy atom. The summed E-state index contributed by atoms with van der Waals surface area (Å²) in [6, 6.07) is 44.9. The third-order valence-electron chi connectivity index (χ3n) is 8.94. The van der Waals surface area contributed by atoms with Gasteiger partial charge in [0.25, 0.3) is 0 Å². The summed E-state index contributed by atoms with van der Waals surface area (Å²) in [4.78, 5) is 0. The Hall–Kier alpha value is -5.80. The van der Waals surface area contributed by atoms with Crippen LogP contribution in [0.4, 0.5) is 0 Å². The summed E-state index contributed by atoms with van der Waals surface area (Å²) in [5, 5.41) is 10.3. The highest BCUT2D eigenvalue weighted by Crippen LogP contribution is 2.47. The molecule has 3 heteroatoms. The zero-order valence-corrected chi connectivity index (χ0v) is 22.9. The first-order valence-electron chi connectivity index (χ1n) is 14.5. The molecule has 0 N–H and O–H groups in total.